The first-order valence-corrected chi connectivity index (χ1v) is 13.3. The summed E-state index contributed by atoms with van der Waals surface area (Å²) >= 11 is 1.49. The molecule has 5 rings (SSSR count). The molecule has 1 aliphatic carbocycles. The van der Waals surface area contributed by atoms with Crippen molar-refractivity contribution in [2.45, 2.75) is 56.3 Å². The van der Waals surface area contributed by atoms with Crippen molar-refractivity contribution in [2.75, 3.05) is 30.8 Å². The quantitative estimate of drug-likeness (QED) is 0.410. The van der Waals surface area contributed by atoms with Crippen LogP contribution in [-0.4, -0.2) is 51.5 Å². The van der Waals surface area contributed by atoms with Crippen LogP contribution < -0.4 is 4.90 Å². The normalized spacial score (nSPS) is 16.0. The van der Waals surface area contributed by atoms with Crippen molar-refractivity contribution in [1.29, 1.82) is 0 Å². The standard InChI is InChI=1S/C27H33N5OS/c1-30(18-22-10-14-24(15-11-22)31-16-6-3-7-17-31)25(33)20-34-27-29-28-26(23-12-13-23)32(27)19-21-8-4-2-5-9-21/h2,4-5,8-11,14-15,23H,3,6-7,12-13,16-20H2,1H3. The Morgan fingerprint density at radius 3 is 2.41 bits per heavy atom. The van der Waals surface area contributed by atoms with Crippen molar-refractivity contribution in [2.24, 2.45) is 0 Å². The molecule has 34 heavy (non-hydrogen) atoms. The highest BCUT2D eigenvalue weighted by molar-refractivity contribution is 7.99. The number of aromatic nitrogens is 3. The van der Waals surface area contributed by atoms with Crippen LogP contribution in [0.15, 0.2) is 59.8 Å². The number of amides is 1. The van der Waals surface area contributed by atoms with Gasteiger partial charge in [0.15, 0.2) is 5.16 Å². The Morgan fingerprint density at radius 1 is 0.971 bits per heavy atom. The van der Waals surface area contributed by atoms with Gasteiger partial charge < -0.3 is 14.4 Å². The number of rotatable bonds is 9. The fraction of sp³-hybridized carbons (Fsp3) is 0.444. The van der Waals surface area contributed by atoms with Gasteiger partial charge in [-0.2, -0.15) is 0 Å². The summed E-state index contributed by atoms with van der Waals surface area (Å²) in [6, 6.07) is 19.1. The molecule has 178 valence electrons. The molecular weight excluding hydrogens is 442 g/mol. The largest absolute Gasteiger partial charge is 0.372 e. The van der Waals surface area contributed by atoms with Gasteiger partial charge in [0, 0.05) is 38.3 Å². The zero-order valence-corrected chi connectivity index (χ0v) is 20.7. The van der Waals surface area contributed by atoms with Gasteiger partial charge in [-0.15, -0.1) is 10.2 Å². The van der Waals surface area contributed by atoms with E-state index in [2.05, 4.69) is 68.2 Å². The molecule has 0 atom stereocenters. The van der Waals surface area contributed by atoms with Crippen molar-refractivity contribution in [1.82, 2.24) is 19.7 Å². The molecule has 1 aliphatic heterocycles. The van der Waals surface area contributed by atoms with Gasteiger partial charge in [0.05, 0.1) is 12.3 Å². The van der Waals surface area contributed by atoms with Crippen molar-refractivity contribution < 1.29 is 4.79 Å². The van der Waals surface area contributed by atoms with Crippen molar-refractivity contribution in [3.63, 3.8) is 0 Å². The predicted molar refractivity (Wildman–Crippen MR) is 137 cm³/mol. The first-order valence-electron chi connectivity index (χ1n) is 12.3. The van der Waals surface area contributed by atoms with E-state index >= 15 is 0 Å². The lowest BCUT2D eigenvalue weighted by Crippen LogP contribution is -2.29. The highest BCUT2D eigenvalue weighted by atomic mass is 32.2. The highest BCUT2D eigenvalue weighted by Crippen LogP contribution is 2.40. The molecule has 0 N–H and O–H groups in total. The molecule has 1 saturated carbocycles. The van der Waals surface area contributed by atoms with Gasteiger partial charge in [-0.1, -0.05) is 54.2 Å². The molecule has 0 spiro atoms. The number of carbonyl (C=O) groups excluding carboxylic acids is 1. The number of benzene rings is 2. The van der Waals surface area contributed by atoms with Gasteiger partial charge in [0.2, 0.25) is 5.91 Å². The summed E-state index contributed by atoms with van der Waals surface area (Å²) in [7, 11) is 1.88. The molecule has 0 unspecified atom stereocenters. The van der Waals surface area contributed by atoms with Gasteiger partial charge in [0.1, 0.15) is 5.82 Å². The van der Waals surface area contributed by atoms with E-state index in [4.69, 9.17) is 0 Å². The minimum atomic E-state index is 0.104. The molecule has 2 heterocycles. The lowest BCUT2D eigenvalue weighted by Gasteiger charge is -2.29. The van der Waals surface area contributed by atoms with Gasteiger partial charge >= 0.3 is 0 Å². The molecule has 2 fully saturated rings. The highest BCUT2D eigenvalue weighted by Gasteiger charge is 2.30. The molecule has 6 nitrogen and oxygen atoms in total. The maximum Gasteiger partial charge on any atom is 0.233 e. The van der Waals surface area contributed by atoms with Crippen LogP contribution in [0.25, 0.3) is 0 Å². The van der Waals surface area contributed by atoms with Gasteiger partial charge in [-0.25, -0.2) is 0 Å². The maximum absolute atomic E-state index is 12.9. The molecule has 0 radical (unpaired) electrons. The third-order valence-corrected chi connectivity index (χ3v) is 7.65. The average Bonchev–Trinajstić information content (AvgIpc) is 3.65. The number of thioether (sulfide) groups is 1. The van der Waals surface area contributed by atoms with Gasteiger partial charge in [-0.05, 0) is 55.4 Å². The van der Waals surface area contributed by atoms with Crippen LogP contribution in [0.2, 0.25) is 0 Å². The lowest BCUT2D eigenvalue weighted by molar-refractivity contribution is -0.127. The van der Waals surface area contributed by atoms with Crippen LogP contribution in [-0.2, 0) is 17.9 Å². The SMILES string of the molecule is CN(Cc1ccc(N2CCCCC2)cc1)C(=O)CSc1nnc(C2CC2)n1Cc1ccccc1. The Labute approximate surface area is 206 Å². The van der Waals surface area contributed by atoms with Crippen LogP contribution in [0.3, 0.4) is 0 Å². The first kappa shape index (κ1) is 23.0. The summed E-state index contributed by atoms with van der Waals surface area (Å²) in [4.78, 5) is 17.2. The number of hydrogen-bond donors (Lipinski definition) is 0. The molecule has 2 aromatic carbocycles. The summed E-state index contributed by atoms with van der Waals surface area (Å²) in [6.07, 6.45) is 6.24. The summed E-state index contributed by atoms with van der Waals surface area (Å²) in [6.45, 7) is 3.65. The average molecular weight is 476 g/mol. The zero-order valence-electron chi connectivity index (χ0n) is 19.9. The van der Waals surface area contributed by atoms with Gasteiger partial charge in [-0.3, -0.25) is 4.79 Å². The molecule has 3 aromatic rings. The summed E-state index contributed by atoms with van der Waals surface area (Å²) in [5, 5.41) is 9.75. The number of carbonyl (C=O) groups is 1. The monoisotopic (exact) mass is 475 g/mol. The van der Waals surface area contributed by atoms with Gasteiger partial charge in [0.25, 0.3) is 0 Å². The summed E-state index contributed by atoms with van der Waals surface area (Å²) in [5.41, 5.74) is 3.67. The third kappa shape index (κ3) is 5.63. The fourth-order valence-electron chi connectivity index (χ4n) is 4.53. The summed E-state index contributed by atoms with van der Waals surface area (Å²) < 4.78 is 2.20. The summed E-state index contributed by atoms with van der Waals surface area (Å²) in [5.74, 6) is 2.03. The Kier molecular flexibility index (Phi) is 7.19. The van der Waals surface area contributed by atoms with E-state index < -0.39 is 0 Å². The Morgan fingerprint density at radius 2 is 1.71 bits per heavy atom. The number of piperidine rings is 1. The van der Waals surface area contributed by atoms with E-state index in [-0.39, 0.29) is 5.91 Å². The Hall–Kier alpha value is -2.80. The fourth-order valence-corrected chi connectivity index (χ4v) is 5.41. The number of nitrogens with zero attached hydrogens (tertiary/aromatic N) is 5. The molecule has 2 aliphatic rings. The second-order valence-corrected chi connectivity index (χ2v) is 10.4. The zero-order chi connectivity index (χ0) is 23.3. The van der Waals surface area contributed by atoms with Crippen LogP contribution in [0, 0.1) is 0 Å². The van der Waals surface area contributed by atoms with E-state index in [1.807, 2.05) is 18.0 Å². The molecule has 1 saturated heterocycles. The lowest BCUT2D eigenvalue weighted by atomic mass is 10.1. The number of hydrogen-bond acceptors (Lipinski definition) is 5. The molecular formula is C27H33N5OS. The molecule has 0 bridgehead atoms. The van der Waals surface area contributed by atoms with E-state index in [1.54, 1.807) is 0 Å². The van der Waals surface area contributed by atoms with Crippen LogP contribution in [0.1, 0.15) is 55.0 Å². The van der Waals surface area contributed by atoms with E-state index in [0.29, 0.717) is 18.2 Å². The topological polar surface area (TPSA) is 54.3 Å². The van der Waals surface area contributed by atoms with E-state index in [9.17, 15) is 4.79 Å². The van der Waals surface area contributed by atoms with Crippen molar-refractivity contribution in [3.05, 3.63) is 71.5 Å². The van der Waals surface area contributed by atoms with Crippen LogP contribution >= 0.6 is 11.8 Å². The minimum absolute atomic E-state index is 0.104. The predicted octanol–water partition coefficient (Wildman–Crippen LogP) is 4.94. The third-order valence-electron chi connectivity index (χ3n) is 6.70. The second-order valence-electron chi connectivity index (χ2n) is 9.44. The smallest absolute Gasteiger partial charge is 0.233 e. The maximum atomic E-state index is 12.9. The molecule has 1 aromatic heterocycles. The molecule has 7 heteroatoms. The van der Waals surface area contributed by atoms with Crippen LogP contribution in [0.4, 0.5) is 5.69 Å². The second kappa shape index (κ2) is 10.6. The van der Waals surface area contributed by atoms with E-state index in [0.717, 1.165) is 36.2 Å². The number of anilines is 1. The molecule has 1 amide bonds. The Balaban J connectivity index is 1.18. The van der Waals surface area contributed by atoms with Crippen LogP contribution in [0.5, 0.6) is 0 Å². The van der Waals surface area contributed by atoms with E-state index in [1.165, 1.54) is 55.1 Å². The van der Waals surface area contributed by atoms with Crippen molar-refractivity contribution >= 4 is 23.4 Å². The minimum Gasteiger partial charge on any atom is -0.372 e. The van der Waals surface area contributed by atoms with Crippen molar-refractivity contribution in [3.8, 4) is 0 Å². The Bertz CT molecular complexity index is 1090. The first-order chi connectivity index (χ1) is 16.7.